The first kappa shape index (κ1) is 13.2. The highest BCUT2D eigenvalue weighted by atomic mass is 15.4. The molecule has 4 heteroatoms. The van der Waals surface area contributed by atoms with E-state index in [1.807, 2.05) is 36.5 Å². The average Bonchev–Trinajstić information content (AvgIpc) is 2.89. The molecular formula is C17H18N4. The van der Waals surface area contributed by atoms with Crippen LogP contribution in [-0.4, -0.2) is 9.66 Å². The largest absolute Gasteiger partial charge is 0.368 e. The molecule has 0 saturated carbocycles. The zero-order valence-electron chi connectivity index (χ0n) is 12.0. The Morgan fingerprint density at radius 2 is 1.76 bits per heavy atom. The molecule has 1 aromatic heterocycles. The average molecular weight is 278 g/mol. The lowest BCUT2D eigenvalue weighted by Gasteiger charge is -2.08. The van der Waals surface area contributed by atoms with E-state index >= 15 is 0 Å². The quantitative estimate of drug-likeness (QED) is 0.770. The Morgan fingerprint density at radius 1 is 1.05 bits per heavy atom. The maximum atomic E-state index is 5.96. The van der Waals surface area contributed by atoms with Crippen molar-refractivity contribution in [3.8, 4) is 11.3 Å². The van der Waals surface area contributed by atoms with Crippen LogP contribution >= 0.6 is 0 Å². The van der Waals surface area contributed by atoms with Gasteiger partial charge in [0.05, 0.1) is 18.4 Å². The van der Waals surface area contributed by atoms with E-state index < -0.39 is 0 Å². The van der Waals surface area contributed by atoms with E-state index in [1.165, 1.54) is 11.1 Å². The number of hydrogen-bond donors (Lipinski definition) is 2. The third kappa shape index (κ3) is 3.05. The predicted octanol–water partition coefficient (Wildman–Crippen LogP) is 3.18. The van der Waals surface area contributed by atoms with Gasteiger partial charge in [0.1, 0.15) is 0 Å². The van der Waals surface area contributed by atoms with E-state index in [0.29, 0.717) is 12.5 Å². The van der Waals surface area contributed by atoms with Crippen molar-refractivity contribution in [3.63, 3.8) is 0 Å². The summed E-state index contributed by atoms with van der Waals surface area (Å²) >= 11 is 0. The molecule has 0 radical (unpaired) electrons. The van der Waals surface area contributed by atoms with Crippen LogP contribution in [0.4, 0.5) is 5.95 Å². The van der Waals surface area contributed by atoms with E-state index in [-0.39, 0.29) is 0 Å². The summed E-state index contributed by atoms with van der Waals surface area (Å²) in [5.74, 6) is 0.459. The van der Waals surface area contributed by atoms with Crippen LogP contribution in [0.25, 0.3) is 11.3 Å². The molecule has 106 valence electrons. The summed E-state index contributed by atoms with van der Waals surface area (Å²) in [5, 5.41) is 0. The Hall–Kier alpha value is -2.75. The summed E-state index contributed by atoms with van der Waals surface area (Å²) in [6, 6.07) is 18.4. The standard InChI is InChI=1S/C17H18N4/c1-13-7-9-14(10-8-13)11-19-21-12-16(20-17(21)18)15-5-3-2-4-6-15/h2-10,12,19H,11H2,1H3,(H2,18,20). The number of nitrogen functional groups attached to an aromatic ring is 1. The van der Waals surface area contributed by atoms with Gasteiger partial charge in [0, 0.05) is 5.56 Å². The Morgan fingerprint density at radius 3 is 2.48 bits per heavy atom. The maximum absolute atomic E-state index is 5.96. The first-order valence-electron chi connectivity index (χ1n) is 6.92. The van der Waals surface area contributed by atoms with Crippen molar-refractivity contribution < 1.29 is 0 Å². The highest BCUT2D eigenvalue weighted by Crippen LogP contribution is 2.18. The number of imidazole rings is 1. The molecule has 0 aliphatic rings. The van der Waals surface area contributed by atoms with E-state index in [1.54, 1.807) is 4.68 Å². The minimum absolute atomic E-state index is 0.459. The van der Waals surface area contributed by atoms with Crippen molar-refractivity contribution in [3.05, 3.63) is 71.9 Å². The molecule has 1 heterocycles. The Labute approximate surface area is 124 Å². The van der Waals surface area contributed by atoms with Crippen molar-refractivity contribution in [2.24, 2.45) is 0 Å². The second-order valence-electron chi connectivity index (χ2n) is 5.04. The van der Waals surface area contributed by atoms with Crippen LogP contribution in [0.5, 0.6) is 0 Å². The van der Waals surface area contributed by atoms with Gasteiger partial charge in [-0.05, 0) is 12.5 Å². The fourth-order valence-corrected chi connectivity index (χ4v) is 2.15. The van der Waals surface area contributed by atoms with E-state index in [9.17, 15) is 0 Å². The van der Waals surface area contributed by atoms with Gasteiger partial charge in [0.2, 0.25) is 5.95 Å². The van der Waals surface area contributed by atoms with Gasteiger partial charge >= 0.3 is 0 Å². The topological polar surface area (TPSA) is 55.9 Å². The number of benzene rings is 2. The molecule has 0 amide bonds. The lowest BCUT2D eigenvalue weighted by atomic mass is 10.1. The number of nitrogens with zero attached hydrogens (tertiary/aromatic N) is 2. The normalized spacial score (nSPS) is 10.5. The highest BCUT2D eigenvalue weighted by molar-refractivity contribution is 5.60. The third-order valence-electron chi connectivity index (χ3n) is 3.38. The lowest BCUT2D eigenvalue weighted by Crippen LogP contribution is -2.15. The van der Waals surface area contributed by atoms with Crippen LogP contribution in [-0.2, 0) is 6.54 Å². The lowest BCUT2D eigenvalue weighted by molar-refractivity contribution is 0.850. The molecule has 0 fully saturated rings. The van der Waals surface area contributed by atoms with Gasteiger partial charge in [0.15, 0.2) is 0 Å². The summed E-state index contributed by atoms with van der Waals surface area (Å²) < 4.78 is 1.77. The number of aromatic nitrogens is 2. The van der Waals surface area contributed by atoms with Crippen LogP contribution in [0.15, 0.2) is 60.8 Å². The van der Waals surface area contributed by atoms with E-state index in [0.717, 1.165) is 11.3 Å². The summed E-state index contributed by atoms with van der Waals surface area (Å²) in [4.78, 5) is 4.39. The number of nitrogens with one attached hydrogen (secondary N) is 1. The Kier molecular flexibility index (Phi) is 3.60. The molecule has 21 heavy (non-hydrogen) atoms. The molecule has 2 aromatic carbocycles. The molecule has 3 rings (SSSR count). The molecule has 0 unspecified atom stereocenters. The Balaban J connectivity index is 1.74. The van der Waals surface area contributed by atoms with Gasteiger partial charge in [0.25, 0.3) is 0 Å². The first-order valence-corrected chi connectivity index (χ1v) is 6.92. The van der Waals surface area contributed by atoms with Gasteiger partial charge in [-0.25, -0.2) is 9.66 Å². The number of aryl methyl sites for hydroxylation is 1. The summed E-state index contributed by atoms with van der Waals surface area (Å²) in [6.45, 7) is 2.78. The van der Waals surface area contributed by atoms with Crippen LogP contribution in [0.2, 0.25) is 0 Å². The second-order valence-corrected chi connectivity index (χ2v) is 5.04. The second kappa shape index (κ2) is 5.71. The smallest absolute Gasteiger partial charge is 0.219 e. The van der Waals surface area contributed by atoms with Gasteiger partial charge < -0.3 is 11.2 Å². The molecule has 0 saturated heterocycles. The van der Waals surface area contributed by atoms with Crippen molar-refractivity contribution in [1.29, 1.82) is 0 Å². The molecule has 3 aromatic rings. The number of anilines is 1. The van der Waals surface area contributed by atoms with Gasteiger partial charge in [-0.1, -0.05) is 60.2 Å². The van der Waals surface area contributed by atoms with Crippen LogP contribution < -0.4 is 11.2 Å². The maximum Gasteiger partial charge on any atom is 0.219 e. The zero-order valence-corrected chi connectivity index (χ0v) is 12.0. The summed E-state index contributed by atoms with van der Waals surface area (Å²) in [7, 11) is 0. The van der Waals surface area contributed by atoms with Crippen molar-refractivity contribution in [2.75, 3.05) is 11.2 Å². The fourth-order valence-electron chi connectivity index (χ4n) is 2.15. The molecule has 0 aliphatic carbocycles. The van der Waals surface area contributed by atoms with Crippen molar-refractivity contribution >= 4 is 5.95 Å². The third-order valence-corrected chi connectivity index (χ3v) is 3.38. The molecule has 3 N–H and O–H groups in total. The molecule has 0 aliphatic heterocycles. The highest BCUT2D eigenvalue weighted by Gasteiger charge is 2.06. The predicted molar refractivity (Wildman–Crippen MR) is 86.3 cm³/mol. The monoisotopic (exact) mass is 278 g/mol. The van der Waals surface area contributed by atoms with Gasteiger partial charge in [-0.3, -0.25) is 0 Å². The number of hydrogen-bond acceptors (Lipinski definition) is 3. The van der Waals surface area contributed by atoms with Gasteiger partial charge in [-0.15, -0.1) is 0 Å². The van der Waals surface area contributed by atoms with Gasteiger partial charge in [-0.2, -0.15) is 0 Å². The Bertz CT molecular complexity index is 714. The summed E-state index contributed by atoms with van der Waals surface area (Å²) in [5.41, 5.74) is 13.6. The molecule has 0 spiro atoms. The molecule has 0 bridgehead atoms. The molecule has 4 nitrogen and oxygen atoms in total. The van der Waals surface area contributed by atoms with Crippen molar-refractivity contribution in [2.45, 2.75) is 13.5 Å². The minimum Gasteiger partial charge on any atom is -0.368 e. The van der Waals surface area contributed by atoms with Crippen LogP contribution in [0.1, 0.15) is 11.1 Å². The number of nitrogens with two attached hydrogens (primary N) is 1. The van der Waals surface area contributed by atoms with E-state index in [2.05, 4.69) is 41.6 Å². The minimum atomic E-state index is 0.459. The molecule has 0 atom stereocenters. The zero-order chi connectivity index (χ0) is 14.7. The van der Waals surface area contributed by atoms with Crippen LogP contribution in [0.3, 0.4) is 0 Å². The fraction of sp³-hybridized carbons (Fsp3) is 0.118. The van der Waals surface area contributed by atoms with E-state index in [4.69, 9.17) is 5.73 Å². The first-order chi connectivity index (χ1) is 10.2. The van der Waals surface area contributed by atoms with Crippen LogP contribution in [0, 0.1) is 6.92 Å². The molecular weight excluding hydrogens is 260 g/mol. The summed E-state index contributed by atoms with van der Waals surface area (Å²) in [6.07, 6.45) is 1.92. The van der Waals surface area contributed by atoms with Crippen molar-refractivity contribution in [1.82, 2.24) is 9.66 Å². The SMILES string of the molecule is Cc1ccc(CNn2cc(-c3ccccc3)nc2N)cc1. The number of rotatable bonds is 4.